The van der Waals surface area contributed by atoms with Gasteiger partial charge in [-0.15, -0.1) is 0 Å². The van der Waals surface area contributed by atoms with Crippen molar-refractivity contribution < 1.29 is 9.59 Å². The molecule has 1 heterocycles. The average molecular weight is 359 g/mol. The van der Waals surface area contributed by atoms with E-state index in [0.717, 1.165) is 30.7 Å². The van der Waals surface area contributed by atoms with E-state index in [0.29, 0.717) is 12.2 Å². The van der Waals surface area contributed by atoms with E-state index >= 15 is 0 Å². The summed E-state index contributed by atoms with van der Waals surface area (Å²) in [5.74, 6) is -0.863. The highest BCUT2D eigenvalue weighted by Crippen LogP contribution is 2.29. The number of hydrogen-bond donors (Lipinski definition) is 1. The van der Waals surface area contributed by atoms with Gasteiger partial charge in [0.05, 0.1) is 28.5 Å². The number of primary amides is 1. The second kappa shape index (κ2) is 6.72. The fraction of sp³-hybridized carbons (Fsp3) is 0.278. The van der Waals surface area contributed by atoms with Crippen LogP contribution in [0.25, 0.3) is 0 Å². The van der Waals surface area contributed by atoms with Crippen LogP contribution in [-0.2, 0) is 31.2 Å². The first kappa shape index (κ1) is 17.2. The molecule has 6 nitrogen and oxygen atoms in total. The molecule has 130 valence electrons. The average Bonchev–Trinajstić information content (AvgIpc) is 3.12. The highest BCUT2D eigenvalue weighted by molar-refractivity contribution is 6.34. The van der Waals surface area contributed by atoms with Crippen molar-refractivity contribution in [2.75, 3.05) is 4.90 Å². The molecule has 25 heavy (non-hydrogen) atoms. The van der Waals surface area contributed by atoms with Gasteiger partial charge < -0.3 is 10.6 Å². The SMILES string of the molecule is C=CC(=O)N(Cc1c2c(nn1C)CCC2)c1ccc(C(N)=O)c(Cl)c1. The number of rotatable bonds is 5. The van der Waals surface area contributed by atoms with Crippen molar-refractivity contribution in [3.8, 4) is 0 Å². The van der Waals surface area contributed by atoms with E-state index < -0.39 is 5.91 Å². The summed E-state index contributed by atoms with van der Waals surface area (Å²) < 4.78 is 1.83. The van der Waals surface area contributed by atoms with Crippen molar-refractivity contribution in [1.29, 1.82) is 0 Å². The van der Waals surface area contributed by atoms with E-state index in [-0.39, 0.29) is 16.5 Å². The minimum Gasteiger partial charge on any atom is -0.366 e. The molecule has 0 bridgehead atoms. The summed E-state index contributed by atoms with van der Waals surface area (Å²) in [6, 6.07) is 4.75. The summed E-state index contributed by atoms with van der Waals surface area (Å²) in [6.45, 7) is 3.94. The number of aryl methyl sites for hydroxylation is 2. The molecule has 0 radical (unpaired) electrons. The second-order valence-electron chi connectivity index (χ2n) is 6.01. The molecule has 2 amide bonds. The number of carbonyl (C=O) groups is 2. The van der Waals surface area contributed by atoms with Crippen LogP contribution >= 0.6 is 11.6 Å². The van der Waals surface area contributed by atoms with E-state index in [1.807, 2.05) is 11.7 Å². The van der Waals surface area contributed by atoms with Crippen LogP contribution in [0.2, 0.25) is 5.02 Å². The third-order valence-corrected chi connectivity index (χ3v) is 4.79. The summed E-state index contributed by atoms with van der Waals surface area (Å²) in [5.41, 5.74) is 9.40. The van der Waals surface area contributed by atoms with E-state index in [1.54, 1.807) is 17.0 Å². The normalized spacial score (nSPS) is 12.7. The molecule has 3 rings (SSSR count). The Morgan fingerprint density at radius 2 is 2.20 bits per heavy atom. The maximum atomic E-state index is 12.4. The number of anilines is 1. The lowest BCUT2D eigenvalue weighted by Gasteiger charge is -2.22. The van der Waals surface area contributed by atoms with E-state index in [4.69, 9.17) is 17.3 Å². The van der Waals surface area contributed by atoms with Crippen molar-refractivity contribution in [3.63, 3.8) is 0 Å². The Bertz CT molecular complexity index is 872. The molecular weight excluding hydrogens is 340 g/mol. The molecule has 0 saturated carbocycles. The smallest absolute Gasteiger partial charge is 0.250 e. The van der Waals surface area contributed by atoms with Crippen molar-refractivity contribution in [2.24, 2.45) is 12.8 Å². The molecule has 7 heteroatoms. The van der Waals surface area contributed by atoms with Crippen molar-refractivity contribution in [2.45, 2.75) is 25.8 Å². The van der Waals surface area contributed by atoms with Gasteiger partial charge in [-0.05, 0) is 49.1 Å². The third-order valence-electron chi connectivity index (χ3n) is 4.48. The van der Waals surface area contributed by atoms with Gasteiger partial charge in [0.2, 0.25) is 5.91 Å². The molecule has 1 aromatic heterocycles. The number of fused-ring (bicyclic) bond motifs is 1. The number of amides is 2. The van der Waals surface area contributed by atoms with Gasteiger partial charge in [-0.1, -0.05) is 18.2 Å². The Kier molecular flexibility index (Phi) is 4.63. The predicted molar refractivity (Wildman–Crippen MR) is 96.6 cm³/mol. The van der Waals surface area contributed by atoms with Gasteiger partial charge in [0.1, 0.15) is 0 Å². The largest absolute Gasteiger partial charge is 0.366 e. The fourth-order valence-electron chi connectivity index (χ4n) is 3.21. The Balaban J connectivity index is 1.99. The minimum atomic E-state index is -0.609. The topological polar surface area (TPSA) is 81.2 Å². The molecule has 0 unspecified atom stereocenters. The molecule has 2 N–H and O–H groups in total. The van der Waals surface area contributed by atoms with Crippen molar-refractivity contribution >= 4 is 29.1 Å². The van der Waals surface area contributed by atoms with Gasteiger partial charge in [-0.3, -0.25) is 14.3 Å². The first-order valence-corrected chi connectivity index (χ1v) is 8.37. The first-order valence-electron chi connectivity index (χ1n) is 7.99. The molecule has 0 spiro atoms. The summed E-state index contributed by atoms with van der Waals surface area (Å²) >= 11 is 6.14. The number of hydrogen-bond acceptors (Lipinski definition) is 3. The van der Waals surface area contributed by atoms with Gasteiger partial charge in [-0.2, -0.15) is 5.10 Å². The van der Waals surface area contributed by atoms with Crippen LogP contribution in [0.4, 0.5) is 5.69 Å². The minimum absolute atomic E-state index is 0.210. The second-order valence-corrected chi connectivity index (χ2v) is 6.41. The van der Waals surface area contributed by atoms with Crippen molar-refractivity contribution in [1.82, 2.24) is 9.78 Å². The molecule has 1 aliphatic carbocycles. The maximum absolute atomic E-state index is 12.4. The fourth-order valence-corrected chi connectivity index (χ4v) is 3.48. The van der Waals surface area contributed by atoms with Gasteiger partial charge in [0.15, 0.2) is 0 Å². The zero-order valence-corrected chi connectivity index (χ0v) is 14.7. The van der Waals surface area contributed by atoms with E-state index in [9.17, 15) is 9.59 Å². The number of benzene rings is 1. The standard InChI is InChI=1S/C18H19ClN4O2/c1-3-17(24)23(11-7-8-12(18(20)25)14(19)9-11)10-16-13-5-4-6-15(13)21-22(16)2/h3,7-9H,1,4-6,10H2,2H3,(H2,20,25). The zero-order chi connectivity index (χ0) is 18.1. The third kappa shape index (κ3) is 3.17. The van der Waals surface area contributed by atoms with E-state index in [1.165, 1.54) is 17.7 Å². The monoisotopic (exact) mass is 358 g/mol. The Morgan fingerprint density at radius 1 is 1.44 bits per heavy atom. The Morgan fingerprint density at radius 3 is 2.84 bits per heavy atom. The molecular formula is C18H19ClN4O2. The van der Waals surface area contributed by atoms with Crippen LogP contribution in [0.15, 0.2) is 30.9 Å². The summed E-state index contributed by atoms with van der Waals surface area (Å²) in [7, 11) is 1.88. The summed E-state index contributed by atoms with van der Waals surface area (Å²) in [6.07, 6.45) is 4.28. The van der Waals surface area contributed by atoms with Gasteiger partial charge >= 0.3 is 0 Å². The lowest BCUT2D eigenvalue weighted by Crippen LogP contribution is -2.30. The maximum Gasteiger partial charge on any atom is 0.250 e. The molecule has 0 fully saturated rings. The van der Waals surface area contributed by atoms with Gasteiger partial charge in [0.25, 0.3) is 5.91 Å². The number of nitrogens with zero attached hydrogens (tertiary/aromatic N) is 3. The Labute approximate surface area is 150 Å². The molecule has 0 atom stereocenters. The summed E-state index contributed by atoms with van der Waals surface area (Å²) in [4.78, 5) is 25.3. The highest BCUT2D eigenvalue weighted by atomic mass is 35.5. The van der Waals surface area contributed by atoms with Crippen LogP contribution in [0.5, 0.6) is 0 Å². The lowest BCUT2D eigenvalue weighted by molar-refractivity contribution is -0.114. The molecule has 0 aliphatic heterocycles. The summed E-state index contributed by atoms with van der Waals surface area (Å²) in [5, 5.41) is 4.75. The van der Waals surface area contributed by atoms with Crippen molar-refractivity contribution in [3.05, 3.63) is 58.4 Å². The van der Waals surface area contributed by atoms with Crippen LogP contribution in [0.1, 0.15) is 33.7 Å². The molecule has 0 saturated heterocycles. The predicted octanol–water partition coefficient (Wildman–Crippen LogP) is 2.38. The van der Waals surface area contributed by atoms with Crippen LogP contribution < -0.4 is 10.6 Å². The first-order chi connectivity index (χ1) is 11.9. The number of nitrogens with two attached hydrogens (primary N) is 1. The number of aromatic nitrogens is 2. The van der Waals surface area contributed by atoms with Crippen LogP contribution in [0.3, 0.4) is 0 Å². The van der Waals surface area contributed by atoms with Crippen LogP contribution in [-0.4, -0.2) is 21.6 Å². The molecule has 1 aromatic carbocycles. The highest BCUT2D eigenvalue weighted by Gasteiger charge is 2.24. The molecule has 1 aliphatic rings. The quantitative estimate of drug-likeness (QED) is 0.833. The van der Waals surface area contributed by atoms with Gasteiger partial charge in [0, 0.05) is 12.7 Å². The zero-order valence-electron chi connectivity index (χ0n) is 14.0. The van der Waals surface area contributed by atoms with E-state index in [2.05, 4.69) is 11.7 Å². The number of halogens is 1. The lowest BCUT2D eigenvalue weighted by atomic mass is 10.1. The van der Waals surface area contributed by atoms with Crippen LogP contribution in [0, 0.1) is 0 Å². The Hall–Kier alpha value is -2.60. The molecule has 2 aromatic rings. The number of carbonyl (C=O) groups excluding carboxylic acids is 2. The van der Waals surface area contributed by atoms with Gasteiger partial charge in [-0.25, -0.2) is 0 Å².